The summed E-state index contributed by atoms with van der Waals surface area (Å²) in [5.41, 5.74) is 2.71. The van der Waals surface area contributed by atoms with Crippen molar-refractivity contribution in [2.45, 2.75) is 13.3 Å². The number of carbonyl (C=O) groups is 1. The number of thiophene rings is 1. The van der Waals surface area contributed by atoms with E-state index in [1.54, 1.807) is 12.3 Å². The highest BCUT2D eigenvalue weighted by Crippen LogP contribution is 2.27. The van der Waals surface area contributed by atoms with Crippen molar-refractivity contribution in [1.82, 2.24) is 15.3 Å². The molecule has 0 bridgehead atoms. The Morgan fingerprint density at radius 1 is 1.15 bits per heavy atom. The third-order valence-corrected chi connectivity index (χ3v) is 4.79. The molecule has 0 fully saturated rings. The van der Waals surface area contributed by atoms with E-state index < -0.39 is 0 Å². The van der Waals surface area contributed by atoms with Crippen molar-refractivity contribution in [1.29, 1.82) is 0 Å². The Kier molecular flexibility index (Phi) is 5.93. The van der Waals surface area contributed by atoms with Gasteiger partial charge in [0.1, 0.15) is 0 Å². The fraction of sp³-hybridized carbons (Fsp3) is 0.211. The van der Waals surface area contributed by atoms with E-state index in [4.69, 9.17) is 5.11 Å². The second kappa shape index (κ2) is 8.55. The lowest BCUT2D eigenvalue weighted by molar-refractivity contribution is 0.0960. The Hall–Kier alpha value is -2.77. The maximum Gasteiger partial charge on any atom is 0.261 e. The number of nitrogens with zero attached hydrogens (tertiary/aromatic N) is 2. The number of hydrogen-bond donors (Lipinski definition) is 3. The van der Waals surface area contributed by atoms with E-state index in [2.05, 4.69) is 20.6 Å². The quantitative estimate of drug-likeness (QED) is 0.596. The average Bonchev–Trinajstić information content (AvgIpc) is 3.14. The third kappa shape index (κ3) is 4.44. The van der Waals surface area contributed by atoms with Crippen molar-refractivity contribution >= 4 is 28.9 Å². The van der Waals surface area contributed by atoms with Gasteiger partial charge in [0.05, 0.1) is 15.4 Å². The van der Waals surface area contributed by atoms with Crippen LogP contribution in [0.15, 0.2) is 48.7 Å². The number of anilines is 2. The van der Waals surface area contributed by atoms with Crippen molar-refractivity contribution in [2.75, 3.05) is 18.5 Å². The van der Waals surface area contributed by atoms with Crippen molar-refractivity contribution < 1.29 is 9.90 Å². The van der Waals surface area contributed by atoms with Crippen LogP contribution in [0, 0.1) is 0 Å². The maximum atomic E-state index is 11.9. The molecule has 0 aliphatic rings. The number of aliphatic hydroxyl groups is 1. The number of aliphatic hydroxyl groups excluding tert-OH is 1. The van der Waals surface area contributed by atoms with Gasteiger partial charge in [-0.15, -0.1) is 11.3 Å². The molecule has 0 radical (unpaired) electrons. The highest BCUT2D eigenvalue weighted by Gasteiger charge is 2.11. The molecule has 2 heterocycles. The summed E-state index contributed by atoms with van der Waals surface area (Å²) < 4.78 is 0. The van der Waals surface area contributed by atoms with Gasteiger partial charge in [0.15, 0.2) is 0 Å². The first-order chi connectivity index (χ1) is 12.7. The fourth-order valence-electron chi connectivity index (χ4n) is 2.41. The molecule has 0 saturated heterocycles. The van der Waals surface area contributed by atoms with Gasteiger partial charge in [-0.25, -0.2) is 9.97 Å². The maximum absolute atomic E-state index is 11.9. The average molecular weight is 368 g/mol. The molecule has 3 rings (SSSR count). The minimum Gasteiger partial charge on any atom is -0.396 e. The second-order valence-electron chi connectivity index (χ2n) is 5.58. The van der Waals surface area contributed by atoms with Gasteiger partial charge in [-0.05, 0) is 49.2 Å². The summed E-state index contributed by atoms with van der Waals surface area (Å²) in [7, 11) is 0. The molecule has 6 nitrogen and oxygen atoms in total. The van der Waals surface area contributed by atoms with E-state index in [0.29, 0.717) is 23.8 Å². The number of rotatable bonds is 7. The van der Waals surface area contributed by atoms with Crippen LogP contribution in [0.4, 0.5) is 11.6 Å². The zero-order valence-electron chi connectivity index (χ0n) is 14.4. The van der Waals surface area contributed by atoms with Gasteiger partial charge in [0.25, 0.3) is 5.91 Å². The van der Waals surface area contributed by atoms with Crippen LogP contribution in [0.3, 0.4) is 0 Å². The first kappa shape index (κ1) is 18.0. The van der Waals surface area contributed by atoms with Gasteiger partial charge in [-0.2, -0.15) is 0 Å². The van der Waals surface area contributed by atoms with E-state index in [1.165, 1.54) is 11.3 Å². The molecule has 3 aromatic rings. The molecule has 7 heteroatoms. The normalized spacial score (nSPS) is 10.5. The fourth-order valence-corrected chi connectivity index (χ4v) is 3.31. The number of benzene rings is 1. The Morgan fingerprint density at radius 3 is 2.69 bits per heavy atom. The molecule has 134 valence electrons. The number of hydrogen-bond acceptors (Lipinski definition) is 6. The topological polar surface area (TPSA) is 87.1 Å². The first-order valence-electron chi connectivity index (χ1n) is 8.38. The monoisotopic (exact) mass is 368 g/mol. The van der Waals surface area contributed by atoms with Crippen molar-refractivity contribution in [2.24, 2.45) is 0 Å². The van der Waals surface area contributed by atoms with Crippen LogP contribution >= 0.6 is 11.3 Å². The van der Waals surface area contributed by atoms with Crippen LogP contribution < -0.4 is 10.6 Å². The van der Waals surface area contributed by atoms with Gasteiger partial charge in [-0.3, -0.25) is 4.79 Å². The zero-order valence-corrected chi connectivity index (χ0v) is 15.2. The summed E-state index contributed by atoms with van der Waals surface area (Å²) in [6, 6.07) is 13.3. The van der Waals surface area contributed by atoms with Crippen LogP contribution in [-0.4, -0.2) is 34.1 Å². The van der Waals surface area contributed by atoms with Crippen LogP contribution in [0.1, 0.15) is 22.2 Å². The molecule has 0 aliphatic carbocycles. The van der Waals surface area contributed by atoms with Crippen molar-refractivity contribution in [3.8, 4) is 10.6 Å². The standard InChI is InChI=1S/C19H20N4O2S/c1-2-20-18(25)17-8-7-16(26-17)15-9-11-21-19(23-15)22-14-5-3-13(4-6-14)10-12-24/h3-9,11,24H,2,10,12H2,1H3,(H,20,25)(H,21,22,23). The summed E-state index contributed by atoms with van der Waals surface area (Å²) in [6.07, 6.45) is 2.33. The smallest absolute Gasteiger partial charge is 0.261 e. The lowest BCUT2D eigenvalue weighted by Gasteiger charge is -2.07. The lowest BCUT2D eigenvalue weighted by Crippen LogP contribution is -2.21. The predicted molar refractivity (Wildman–Crippen MR) is 104 cm³/mol. The Labute approximate surface area is 156 Å². The second-order valence-corrected chi connectivity index (χ2v) is 6.67. The molecule has 2 aromatic heterocycles. The zero-order chi connectivity index (χ0) is 18.4. The molecule has 1 aromatic carbocycles. The predicted octanol–water partition coefficient (Wildman–Crippen LogP) is 3.23. The Bertz CT molecular complexity index is 877. The number of amides is 1. The Balaban J connectivity index is 1.75. The Morgan fingerprint density at radius 2 is 1.96 bits per heavy atom. The van der Waals surface area contributed by atoms with E-state index in [-0.39, 0.29) is 12.5 Å². The summed E-state index contributed by atoms with van der Waals surface area (Å²) in [5, 5.41) is 14.9. The third-order valence-electron chi connectivity index (χ3n) is 3.69. The van der Waals surface area contributed by atoms with E-state index >= 15 is 0 Å². The number of nitrogens with one attached hydrogen (secondary N) is 2. The van der Waals surface area contributed by atoms with E-state index in [0.717, 1.165) is 21.8 Å². The minimum atomic E-state index is -0.0703. The van der Waals surface area contributed by atoms with Gasteiger partial charge < -0.3 is 15.7 Å². The highest BCUT2D eigenvalue weighted by atomic mass is 32.1. The van der Waals surface area contributed by atoms with E-state index in [1.807, 2.05) is 43.3 Å². The lowest BCUT2D eigenvalue weighted by atomic mass is 10.1. The van der Waals surface area contributed by atoms with Crippen LogP contribution in [-0.2, 0) is 6.42 Å². The molecule has 0 saturated carbocycles. The molecule has 1 amide bonds. The van der Waals surface area contributed by atoms with Crippen molar-refractivity contribution in [3.63, 3.8) is 0 Å². The number of carbonyl (C=O) groups excluding carboxylic acids is 1. The highest BCUT2D eigenvalue weighted by molar-refractivity contribution is 7.17. The van der Waals surface area contributed by atoms with Crippen LogP contribution in [0.2, 0.25) is 0 Å². The SMILES string of the molecule is CCNC(=O)c1ccc(-c2ccnc(Nc3ccc(CCO)cc3)n2)s1. The van der Waals surface area contributed by atoms with E-state index in [9.17, 15) is 4.79 Å². The summed E-state index contributed by atoms with van der Waals surface area (Å²) in [5.74, 6) is 0.421. The molecular weight excluding hydrogens is 348 g/mol. The molecule has 0 unspecified atom stereocenters. The molecular formula is C19H20N4O2S. The largest absolute Gasteiger partial charge is 0.396 e. The summed E-state index contributed by atoms with van der Waals surface area (Å²) >= 11 is 1.40. The van der Waals surface area contributed by atoms with Crippen LogP contribution in [0.5, 0.6) is 0 Å². The van der Waals surface area contributed by atoms with Gasteiger partial charge in [-0.1, -0.05) is 12.1 Å². The molecule has 3 N–H and O–H groups in total. The number of aromatic nitrogens is 2. The first-order valence-corrected chi connectivity index (χ1v) is 9.19. The van der Waals surface area contributed by atoms with Gasteiger partial charge >= 0.3 is 0 Å². The molecule has 0 atom stereocenters. The summed E-state index contributed by atoms with van der Waals surface area (Å²) in [4.78, 5) is 22.3. The van der Waals surface area contributed by atoms with Crippen LogP contribution in [0.25, 0.3) is 10.6 Å². The van der Waals surface area contributed by atoms with Gasteiger partial charge in [0, 0.05) is 25.0 Å². The van der Waals surface area contributed by atoms with Crippen molar-refractivity contribution in [3.05, 3.63) is 59.1 Å². The summed E-state index contributed by atoms with van der Waals surface area (Å²) in [6.45, 7) is 2.63. The molecule has 0 aliphatic heterocycles. The molecule has 0 spiro atoms. The molecule has 26 heavy (non-hydrogen) atoms. The van der Waals surface area contributed by atoms with Gasteiger partial charge in [0.2, 0.25) is 5.95 Å². The minimum absolute atomic E-state index is 0.0703.